The highest BCUT2D eigenvalue weighted by atomic mass is 16.6. The Morgan fingerprint density at radius 1 is 1.21 bits per heavy atom. The molecule has 0 spiro atoms. The summed E-state index contributed by atoms with van der Waals surface area (Å²) in [5.41, 5.74) is -2.85. The molecule has 0 radical (unpaired) electrons. The summed E-state index contributed by atoms with van der Waals surface area (Å²) in [6.07, 6.45) is -0.601. The molecule has 1 unspecified atom stereocenters. The summed E-state index contributed by atoms with van der Waals surface area (Å²) in [6.45, 7) is 3.49. The number of aromatic nitrogens is 3. The van der Waals surface area contributed by atoms with E-state index in [2.05, 4.69) is 0 Å². The van der Waals surface area contributed by atoms with Crippen LogP contribution in [0.1, 0.15) is 20.1 Å². The lowest BCUT2D eigenvalue weighted by Gasteiger charge is -1.98. The van der Waals surface area contributed by atoms with Gasteiger partial charge in [0.1, 0.15) is 5.60 Å². The molecule has 7 nitrogen and oxygen atoms in total. The molecule has 0 aromatic carbocycles. The zero-order valence-electron chi connectivity index (χ0n) is 7.66. The minimum atomic E-state index is -0.810. The molecule has 0 aliphatic carbocycles. The van der Waals surface area contributed by atoms with Gasteiger partial charge in [0.05, 0.1) is 0 Å². The van der Waals surface area contributed by atoms with E-state index in [1.165, 1.54) is 0 Å². The third-order valence-electron chi connectivity index (χ3n) is 2.07. The molecular weight excluding hydrogens is 190 g/mol. The number of ether oxygens (including phenoxy) is 1. The summed E-state index contributed by atoms with van der Waals surface area (Å²) >= 11 is 0. The van der Waals surface area contributed by atoms with E-state index < -0.39 is 28.9 Å². The third-order valence-corrected chi connectivity index (χ3v) is 2.07. The number of epoxide rings is 1. The van der Waals surface area contributed by atoms with Crippen LogP contribution in [0.25, 0.3) is 0 Å². The smallest absolute Gasteiger partial charge is 0.335 e. The van der Waals surface area contributed by atoms with Gasteiger partial charge < -0.3 is 4.74 Å². The first kappa shape index (κ1) is 8.95. The SMILES string of the molecule is CC1(C)OC1n1c(=O)[nH]c(=O)[nH]c1=O. The van der Waals surface area contributed by atoms with Crippen LogP contribution in [0.4, 0.5) is 0 Å². The maximum atomic E-state index is 11.2. The predicted molar refractivity (Wildman–Crippen MR) is 46.1 cm³/mol. The standard InChI is InChI=1S/C7H9N3O4/c1-7(2)3(14-7)10-5(12)8-4(11)9-6(10)13/h3H,1-2H3,(H2,8,9,11,12,13). The Morgan fingerprint density at radius 3 is 2.00 bits per heavy atom. The maximum Gasteiger partial charge on any atom is 0.335 e. The Labute approximate surface area is 77.4 Å². The van der Waals surface area contributed by atoms with E-state index in [0.717, 1.165) is 4.57 Å². The van der Waals surface area contributed by atoms with Crippen molar-refractivity contribution in [3.63, 3.8) is 0 Å². The second kappa shape index (κ2) is 2.44. The van der Waals surface area contributed by atoms with E-state index in [-0.39, 0.29) is 0 Å². The number of nitrogens with zero attached hydrogens (tertiary/aromatic N) is 1. The van der Waals surface area contributed by atoms with Crippen molar-refractivity contribution in [2.45, 2.75) is 25.7 Å². The monoisotopic (exact) mass is 199 g/mol. The molecule has 2 rings (SSSR count). The lowest BCUT2D eigenvalue weighted by Crippen LogP contribution is -2.43. The molecule has 14 heavy (non-hydrogen) atoms. The highest BCUT2D eigenvalue weighted by molar-refractivity contribution is 4.93. The molecule has 0 amide bonds. The fraction of sp³-hybridized carbons (Fsp3) is 0.571. The highest BCUT2D eigenvalue weighted by Gasteiger charge is 2.51. The summed E-state index contributed by atoms with van der Waals surface area (Å²) in [4.78, 5) is 37.1. The second-order valence-electron chi connectivity index (χ2n) is 3.63. The lowest BCUT2D eigenvalue weighted by atomic mass is 10.2. The molecule has 7 heteroatoms. The van der Waals surface area contributed by atoms with Crippen LogP contribution in [-0.2, 0) is 4.74 Å². The number of H-pyrrole nitrogens is 2. The van der Waals surface area contributed by atoms with Crippen LogP contribution in [0, 0.1) is 0 Å². The Kier molecular flexibility index (Phi) is 1.56. The van der Waals surface area contributed by atoms with Gasteiger partial charge in [-0.1, -0.05) is 0 Å². The van der Waals surface area contributed by atoms with Gasteiger partial charge in [-0.2, -0.15) is 0 Å². The van der Waals surface area contributed by atoms with Gasteiger partial charge in [0.15, 0.2) is 6.23 Å². The minimum absolute atomic E-state index is 0.533. The number of aromatic amines is 2. The predicted octanol–water partition coefficient (Wildman–Crippen LogP) is -1.47. The van der Waals surface area contributed by atoms with Crippen molar-refractivity contribution in [3.05, 3.63) is 31.5 Å². The molecule has 1 saturated heterocycles. The Balaban J connectivity index is 2.62. The molecule has 1 aliphatic heterocycles. The normalized spacial score (nSPS) is 23.4. The third kappa shape index (κ3) is 1.22. The summed E-state index contributed by atoms with van der Waals surface area (Å²) < 4.78 is 5.96. The second-order valence-corrected chi connectivity index (χ2v) is 3.63. The molecule has 1 atom stereocenters. The first-order chi connectivity index (χ1) is 6.42. The molecule has 2 N–H and O–H groups in total. The van der Waals surface area contributed by atoms with Crippen LogP contribution < -0.4 is 17.1 Å². The summed E-state index contributed by atoms with van der Waals surface area (Å²) in [5, 5.41) is 0. The first-order valence-corrected chi connectivity index (χ1v) is 4.05. The van der Waals surface area contributed by atoms with Crippen molar-refractivity contribution >= 4 is 0 Å². The fourth-order valence-corrected chi connectivity index (χ4v) is 1.27. The lowest BCUT2D eigenvalue weighted by molar-refractivity contribution is 0.294. The van der Waals surface area contributed by atoms with E-state index in [1.54, 1.807) is 13.8 Å². The van der Waals surface area contributed by atoms with E-state index in [1.807, 2.05) is 9.97 Å². The molecule has 76 valence electrons. The number of hydrogen-bond acceptors (Lipinski definition) is 4. The van der Waals surface area contributed by atoms with Gasteiger partial charge in [-0.25, -0.2) is 19.0 Å². The highest BCUT2D eigenvalue weighted by Crippen LogP contribution is 2.42. The van der Waals surface area contributed by atoms with Gasteiger partial charge in [-0.3, -0.25) is 9.97 Å². The van der Waals surface area contributed by atoms with Gasteiger partial charge in [-0.15, -0.1) is 0 Å². The number of hydrogen-bond donors (Lipinski definition) is 2. The topological polar surface area (TPSA) is 100 Å². The molecule has 1 aromatic heterocycles. The molecule has 2 heterocycles. The van der Waals surface area contributed by atoms with Crippen LogP contribution in [0.15, 0.2) is 14.4 Å². The number of rotatable bonds is 1. The average molecular weight is 199 g/mol. The Hall–Kier alpha value is -1.63. The minimum Gasteiger partial charge on any atom is -0.344 e. The van der Waals surface area contributed by atoms with E-state index in [9.17, 15) is 14.4 Å². The van der Waals surface area contributed by atoms with Crippen molar-refractivity contribution < 1.29 is 4.74 Å². The quantitative estimate of drug-likeness (QED) is 0.539. The summed E-state index contributed by atoms with van der Waals surface area (Å²) in [7, 11) is 0. The summed E-state index contributed by atoms with van der Waals surface area (Å²) in [6, 6.07) is 0. The van der Waals surface area contributed by atoms with Crippen LogP contribution >= 0.6 is 0 Å². The molecular formula is C7H9N3O4. The van der Waals surface area contributed by atoms with Crippen LogP contribution in [0.5, 0.6) is 0 Å². The van der Waals surface area contributed by atoms with Gasteiger partial charge in [0.25, 0.3) is 0 Å². The summed E-state index contributed by atoms with van der Waals surface area (Å²) in [5.74, 6) is 0. The largest absolute Gasteiger partial charge is 0.344 e. The molecule has 1 fully saturated rings. The van der Waals surface area contributed by atoms with Crippen LogP contribution in [0.3, 0.4) is 0 Å². The van der Waals surface area contributed by atoms with Gasteiger partial charge >= 0.3 is 17.1 Å². The van der Waals surface area contributed by atoms with E-state index in [0.29, 0.717) is 0 Å². The average Bonchev–Trinajstić information content (AvgIpc) is 2.56. The first-order valence-electron chi connectivity index (χ1n) is 4.05. The van der Waals surface area contributed by atoms with Crippen molar-refractivity contribution in [1.29, 1.82) is 0 Å². The number of nitrogens with one attached hydrogen (secondary N) is 2. The fourth-order valence-electron chi connectivity index (χ4n) is 1.27. The zero-order chi connectivity index (χ0) is 10.5. The van der Waals surface area contributed by atoms with E-state index >= 15 is 0 Å². The van der Waals surface area contributed by atoms with Crippen molar-refractivity contribution in [3.8, 4) is 0 Å². The van der Waals surface area contributed by atoms with Crippen LogP contribution in [0.2, 0.25) is 0 Å². The van der Waals surface area contributed by atoms with Crippen molar-refractivity contribution in [1.82, 2.24) is 14.5 Å². The maximum absolute atomic E-state index is 11.2. The molecule has 1 aromatic rings. The van der Waals surface area contributed by atoms with Crippen molar-refractivity contribution in [2.75, 3.05) is 0 Å². The van der Waals surface area contributed by atoms with Crippen LogP contribution in [-0.4, -0.2) is 20.1 Å². The molecule has 0 saturated carbocycles. The van der Waals surface area contributed by atoms with Gasteiger partial charge in [-0.05, 0) is 13.8 Å². The Bertz CT molecular complexity index is 501. The van der Waals surface area contributed by atoms with E-state index in [4.69, 9.17) is 4.74 Å². The zero-order valence-corrected chi connectivity index (χ0v) is 7.66. The Morgan fingerprint density at radius 2 is 1.64 bits per heavy atom. The van der Waals surface area contributed by atoms with Crippen molar-refractivity contribution in [2.24, 2.45) is 0 Å². The van der Waals surface area contributed by atoms with Gasteiger partial charge in [0.2, 0.25) is 0 Å². The molecule has 0 bridgehead atoms. The van der Waals surface area contributed by atoms with Gasteiger partial charge in [0, 0.05) is 0 Å². The molecule has 1 aliphatic rings.